The van der Waals surface area contributed by atoms with Crippen LogP contribution in [-0.4, -0.2) is 37.3 Å². The number of carbonyl (C=O) groups excluding carboxylic acids is 1. The fraction of sp³-hybridized carbons (Fsp3) is 0.231. The van der Waals surface area contributed by atoms with Crippen molar-refractivity contribution >= 4 is 34.8 Å². The van der Waals surface area contributed by atoms with Gasteiger partial charge in [0.1, 0.15) is 5.82 Å². The minimum Gasteiger partial charge on any atom is -0.323 e. The normalized spacial score (nSPS) is 23.2. The van der Waals surface area contributed by atoms with Crippen molar-refractivity contribution < 1.29 is 35.5 Å². The van der Waals surface area contributed by atoms with Gasteiger partial charge in [0, 0.05) is 17.7 Å². The predicted molar refractivity (Wildman–Crippen MR) is 136 cm³/mol. The first-order valence-corrected chi connectivity index (χ1v) is 12.1. The maximum absolute atomic E-state index is 14.7. The number of hydrogen-bond acceptors (Lipinski definition) is 3. The van der Waals surface area contributed by atoms with Gasteiger partial charge in [-0.1, -0.05) is 24.6 Å². The summed E-state index contributed by atoms with van der Waals surface area (Å²) in [5.74, 6) is -6.88. The number of guanidine groups is 1. The molecule has 1 aliphatic heterocycles. The molecule has 3 N–H and O–H groups in total. The molecular weight excluding hydrogens is 567 g/mol. The topological polar surface area (TPSA) is 65.5 Å². The predicted octanol–water partition coefficient (Wildman–Crippen LogP) is 6.14. The van der Waals surface area contributed by atoms with Crippen molar-refractivity contribution in [2.75, 3.05) is 12.4 Å². The molecule has 0 spiro atoms. The van der Waals surface area contributed by atoms with Crippen molar-refractivity contribution in [3.63, 3.8) is 0 Å². The second kappa shape index (κ2) is 11.1. The lowest BCUT2D eigenvalue weighted by atomic mass is 10.0. The Labute approximate surface area is 229 Å². The van der Waals surface area contributed by atoms with Crippen LogP contribution in [-0.2, 0) is 0 Å². The van der Waals surface area contributed by atoms with Crippen LogP contribution < -0.4 is 20.7 Å². The van der Waals surface area contributed by atoms with E-state index in [2.05, 4.69) is 21.1 Å². The second-order valence-electron chi connectivity index (χ2n) is 9.26. The number of nitrogens with zero attached hydrogens (tertiary/aromatic N) is 2. The molecule has 0 radical (unpaired) electrons. The summed E-state index contributed by atoms with van der Waals surface area (Å²) < 4.78 is 96.8. The summed E-state index contributed by atoms with van der Waals surface area (Å²) in [4.78, 5) is 17.3. The van der Waals surface area contributed by atoms with Gasteiger partial charge in [0.15, 0.2) is 29.2 Å². The first-order chi connectivity index (χ1) is 18.7. The molecule has 0 bridgehead atoms. The molecule has 4 unspecified atom stereocenters. The SMILES string of the molecule is CC1C(C(F)(F)F)N[N+](C)(c2ccc(F)cc2)C1N=C(NC(=O)c1ccc(F)c(F)c1)Nc1cccc(Cl)c1F. The van der Waals surface area contributed by atoms with Crippen LogP contribution in [0, 0.1) is 29.2 Å². The monoisotopic (exact) mass is 588 g/mol. The molecule has 4 rings (SSSR count). The Morgan fingerprint density at radius 3 is 2.30 bits per heavy atom. The Morgan fingerprint density at radius 1 is 1.00 bits per heavy atom. The molecule has 14 heteroatoms. The van der Waals surface area contributed by atoms with Crippen LogP contribution in [0.25, 0.3) is 0 Å². The molecule has 1 amide bonds. The first kappa shape index (κ1) is 29.3. The first-order valence-electron chi connectivity index (χ1n) is 11.7. The van der Waals surface area contributed by atoms with Crippen molar-refractivity contribution in [2.45, 2.75) is 25.3 Å². The highest BCUT2D eigenvalue weighted by molar-refractivity contribution is 6.31. The molecule has 4 atom stereocenters. The molecule has 0 aliphatic carbocycles. The molecule has 1 fully saturated rings. The van der Waals surface area contributed by atoms with Crippen molar-refractivity contribution in [3.8, 4) is 0 Å². The minimum absolute atomic E-state index is 0.203. The van der Waals surface area contributed by atoms with Crippen LogP contribution >= 0.6 is 11.6 Å². The van der Waals surface area contributed by atoms with E-state index >= 15 is 0 Å². The smallest absolute Gasteiger partial charge is 0.323 e. The highest BCUT2D eigenvalue weighted by atomic mass is 35.5. The van der Waals surface area contributed by atoms with Gasteiger partial charge in [-0.05, 0) is 42.5 Å². The lowest BCUT2D eigenvalue weighted by Gasteiger charge is -2.33. The molecule has 40 heavy (non-hydrogen) atoms. The number of carbonyl (C=O) groups is 1. The number of halogens is 8. The molecule has 0 aromatic heterocycles. The molecular formula is C26H22ClF7N5O+. The van der Waals surface area contributed by atoms with Gasteiger partial charge in [0.25, 0.3) is 5.91 Å². The average molecular weight is 589 g/mol. The van der Waals surface area contributed by atoms with Gasteiger partial charge in [-0.25, -0.2) is 17.6 Å². The van der Waals surface area contributed by atoms with E-state index in [9.17, 15) is 35.5 Å². The average Bonchev–Trinajstić information content (AvgIpc) is 3.15. The van der Waals surface area contributed by atoms with Gasteiger partial charge in [0.2, 0.25) is 12.1 Å². The van der Waals surface area contributed by atoms with Crippen LogP contribution in [0.4, 0.5) is 42.1 Å². The highest BCUT2D eigenvalue weighted by Crippen LogP contribution is 2.40. The number of rotatable bonds is 4. The highest BCUT2D eigenvalue weighted by Gasteiger charge is 2.60. The Bertz CT molecular complexity index is 1450. The number of quaternary nitrogens is 1. The van der Waals surface area contributed by atoms with Gasteiger partial charge in [-0.2, -0.15) is 22.8 Å². The van der Waals surface area contributed by atoms with Gasteiger partial charge < -0.3 is 5.32 Å². The van der Waals surface area contributed by atoms with E-state index in [1.165, 1.54) is 44.3 Å². The lowest BCUT2D eigenvalue weighted by Crippen LogP contribution is -2.59. The van der Waals surface area contributed by atoms with Gasteiger partial charge in [-0.3, -0.25) is 10.1 Å². The zero-order valence-electron chi connectivity index (χ0n) is 20.8. The lowest BCUT2D eigenvalue weighted by molar-refractivity contribution is -0.162. The van der Waals surface area contributed by atoms with Crippen LogP contribution in [0.1, 0.15) is 17.3 Å². The van der Waals surface area contributed by atoms with E-state index < -0.39 is 64.0 Å². The quantitative estimate of drug-likeness (QED) is 0.148. The van der Waals surface area contributed by atoms with Crippen LogP contribution in [0.2, 0.25) is 5.02 Å². The standard InChI is InChI=1S/C26H21ClF7N5O/c1-13-22(26(32,33)34)38-39(2,16-9-7-15(28)8-10-16)23(13)36-25(35-20-5-3-4-17(27)21(20)31)37-24(40)14-6-11-18(29)19(30)12-14/h3-13,22-23,38H,1-2H3,(H-,35,36,37,40)/p+1. The van der Waals surface area contributed by atoms with Crippen molar-refractivity contribution in [1.82, 2.24) is 15.3 Å². The fourth-order valence-electron chi connectivity index (χ4n) is 4.48. The molecule has 6 nitrogen and oxygen atoms in total. The Balaban J connectivity index is 1.82. The molecule has 212 valence electrons. The number of benzene rings is 3. The zero-order valence-corrected chi connectivity index (χ0v) is 21.6. The van der Waals surface area contributed by atoms with Gasteiger partial charge in [-0.15, -0.1) is 5.43 Å². The van der Waals surface area contributed by atoms with Crippen molar-refractivity contribution in [3.05, 3.63) is 94.5 Å². The van der Waals surface area contributed by atoms with Crippen molar-refractivity contribution in [2.24, 2.45) is 10.9 Å². The molecule has 1 aliphatic rings. The number of amides is 1. The number of aliphatic imine (C=N–C) groups is 1. The van der Waals surface area contributed by atoms with Crippen LogP contribution in [0.15, 0.2) is 65.7 Å². The Kier molecular flexibility index (Phi) is 8.11. The second-order valence-corrected chi connectivity index (χ2v) is 9.67. The minimum atomic E-state index is -4.72. The third-order valence-corrected chi connectivity index (χ3v) is 6.82. The summed E-state index contributed by atoms with van der Waals surface area (Å²) in [5, 5.41) is 4.53. The number of nitrogens with one attached hydrogen (secondary N) is 3. The molecule has 1 saturated heterocycles. The molecule has 1 heterocycles. The summed E-state index contributed by atoms with van der Waals surface area (Å²) in [6.45, 7) is 1.28. The van der Waals surface area contributed by atoms with Crippen LogP contribution in [0.5, 0.6) is 0 Å². The van der Waals surface area contributed by atoms with Crippen LogP contribution in [0.3, 0.4) is 0 Å². The summed E-state index contributed by atoms with van der Waals surface area (Å²) in [6.07, 6.45) is -6.04. The molecule has 0 saturated carbocycles. The van der Waals surface area contributed by atoms with E-state index in [0.717, 1.165) is 18.2 Å². The van der Waals surface area contributed by atoms with Gasteiger partial charge >= 0.3 is 6.18 Å². The maximum atomic E-state index is 14.7. The zero-order chi connectivity index (χ0) is 29.4. The van der Waals surface area contributed by atoms with E-state index in [1.807, 2.05) is 0 Å². The fourth-order valence-corrected chi connectivity index (χ4v) is 4.66. The summed E-state index contributed by atoms with van der Waals surface area (Å²) in [5.41, 5.74) is 2.07. The third-order valence-electron chi connectivity index (χ3n) is 6.53. The Hall–Kier alpha value is -3.68. The summed E-state index contributed by atoms with van der Waals surface area (Å²) in [6, 6.07) is 8.77. The van der Waals surface area contributed by atoms with E-state index in [4.69, 9.17) is 11.6 Å². The number of hydrogen-bond donors (Lipinski definition) is 3. The number of anilines is 1. The number of alkyl halides is 3. The van der Waals surface area contributed by atoms with Gasteiger partial charge in [0.05, 0.1) is 23.7 Å². The molecule has 3 aromatic rings. The van der Waals surface area contributed by atoms with E-state index in [0.29, 0.717) is 12.1 Å². The maximum Gasteiger partial charge on any atom is 0.409 e. The van der Waals surface area contributed by atoms with E-state index in [1.54, 1.807) is 0 Å². The summed E-state index contributed by atoms with van der Waals surface area (Å²) in [7, 11) is 1.37. The molecule has 3 aromatic carbocycles. The largest absolute Gasteiger partial charge is 0.409 e. The third kappa shape index (κ3) is 5.91. The van der Waals surface area contributed by atoms with Crippen molar-refractivity contribution in [1.29, 1.82) is 0 Å². The summed E-state index contributed by atoms with van der Waals surface area (Å²) >= 11 is 5.84. The van der Waals surface area contributed by atoms with E-state index in [-0.39, 0.29) is 22.0 Å². The Morgan fingerprint density at radius 2 is 1.68 bits per heavy atom.